The standard InChI is InChI=1S/C22H19Cl2NO4/c1-28-20-10-15(12-25-16-7-8-18(23)17(11-16)22(26)27)9-19(24)21(20)29-13-14-5-3-2-4-6-14/h2-11,25H,12-13H2,1H3,(H,26,27). The van der Waals surface area contributed by atoms with Crippen molar-refractivity contribution in [1.29, 1.82) is 0 Å². The van der Waals surface area contributed by atoms with E-state index in [0.717, 1.165) is 11.1 Å². The van der Waals surface area contributed by atoms with Gasteiger partial charge >= 0.3 is 5.97 Å². The molecule has 3 aromatic rings. The first-order valence-corrected chi connectivity index (χ1v) is 9.53. The Morgan fingerprint density at radius 3 is 2.45 bits per heavy atom. The van der Waals surface area contributed by atoms with Crippen LogP contribution in [-0.4, -0.2) is 18.2 Å². The Morgan fingerprint density at radius 2 is 1.76 bits per heavy atom. The van der Waals surface area contributed by atoms with Crippen molar-refractivity contribution in [2.45, 2.75) is 13.2 Å². The summed E-state index contributed by atoms with van der Waals surface area (Å²) in [6.45, 7) is 0.785. The largest absolute Gasteiger partial charge is 0.493 e. The third-order valence-corrected chi connectivity index (χ3v) is 4.82. The minimum absolute atomic E-state index is 0.0388. The predicted molar refractivity (Wildman–Crippen MR) is 115 cm³/mol. The van der Waals surface area contributed by atoms with Crippen LogP contribution in [0.1, 0.15) is 21.5 Å². The van der Waals surface area contributed by atoms with Crippen molar-refractivity contribution in [2.24, 2.45) is 0 Å². The van der Waals surface area contributed by atoms with Crippen LogP contribution in [0, 0.1) is 0 Å². The number of benzene rings is 3. The average molecular weight is 432 g/mol. The molecule has 5 nitrogen and oxygen atoms in total. The van der Waals surface area contributed by atoms with Gasteiger partial charge in [0, 0.05) is 12.2 Å². The summed E-state index contributed by atoms with van der Waals surface area (Å²) in [4.78, 5) is 11.2. The maximum Gasteiger partial charge on any atom is 0.337 e. The Kier molecular flexibility index (Phi) is 6.86. The highest BCUT2D eigenvalue weighted by atomic mass is 35.5. The van der Waals surface area contributed by atoms with E-state index in [1.807, 2.05) is 36.4 Å². The van der Waals surface area contributed by atoms with E-state index in [1.165, 1.54) is 6.07 Å². The number of ether oxygens (including phenoxy) is 2. The summed E-state index contributed by atoms with van der Waals surface area (Å²) in [5.41, 5.74) is 2.54. The number of nitrogens with one attached hydrogen (secondary N) is 1. The maximum absolute atomic E-state index is 11.2. The van der Waals surface area contributed by atoms with E-state index in [-0.39, 0.29) is 10.6 Å². The zero-order chi connectivity index (χ0) is 20.8. The summed E-state index contributed by atoms with van der Waals surface area (Å²) in [6.07, 6.45) is 0. The molecule has 0 radical (unpaired) electrons. The van der Waals surface area contributed by atoms with Crippen LogP contribution in [0.5, 0.6) is 11.5 Å². The van der Waals surface area contributed by atoms with Gasteiger partial charge in [0.1, 0.15) is 6.61 Å². The van der Waals surface area contributed by atoms with Gasteiger partial charge in [-0.15, -0.1) is 0 Å². The molecular formula is C22H19Cl2NO4. The molecule has 2 N–H and O–H groups in total. The summed E-state index contributed by atoms with van der Waals surface area (Å²) in [7, 11) is 1.55. The van der Waals surface area contributed by atoms with E-state index in [9.17, 15) is 9.90 Å². The molecule has 3 rings (SSSR count). The fourth-order valence-corrected chi connectivity index (χ4v) is 3.23. The van der Waals surface area contributed by atoms with Crippen LogP contribution in [0.15, 0.2) is 60.7 Å². The number of anilines is 1. The lowest BCUT2D eigenvalue weighted by molar-refractivity contribution is 0.0697. The minimum Gasteiger partial charge on any atom is -0.493 e. The van der Waals surface area contributed by atoms with Crippen molar-refractivity contribution in [3.8, 4) is 11.5 Å². The Morgan fingerprint density at radius 1 is 1.00 bits per heavy atom. The second kappa shape index (κ2) is 9.54. The lowest BCUT2D eigenvalue weighted by atomic mass is 10.1. The summed E-state index contributed by atoms with van der Waals surface area (Å²) < 4.78 is 11.3. The predicted octanol–water partition coefficient (Wildman–Crippen LogP) is 5.89. The van der Waals surface area contributed by atoms with E-state index in [1.54, 1.807) is 25.3 Å². The van der Waals surface area contributed by atoms with Crippen LogP contribution in [0.25, 0.3) is 0 Å². The van der Waals surface area contributed by atoms with E-state index in [0.29, 0.717) is 35.4 Å². The van der Waals surface area contributed by atoms with Gasteiger partial charge in [0.25, 0.3) is 0 Å². The summed E-state index contributed by atoms with van der Waals surface area (Å²) in [5.74, 6) is -0.0859. The SMILES string of the molecule is COc1cc(CNc2ccc(Cl)c(C(=O)O)c2)cc(Cl)c1OCc1ccccc1. The molecule has 29 heavy (non-hydrogen) atoms. The Balaban J connectivity index is 1.73. The normalized spacial score (nSPS) is 10.4. The first-order valence-electron chi connectivity index (χ1n) is 8.77. The zero-order valence-electron chi connectivity index (χ0n) is 15.6. The van der Waals surface area contributed by atoms with E-state index < -0.39 is 5.97 Å². The monoisotopic (exact) mass is 431 g/mol. The third kappa shape index (κ3) is 5.34. The fraction of sp³-hybridized carbons (Fsp3) is 0.136. The zero-order valence-corrected chi connectivity index (χ0v) is 17.1. The molecule has 0 atom stereocenters. The second-order valence-electron chi connectivity index (χ2n) is 6.24. The van der Waals surface area contributed by atoms with Crippen LogP contribution in [0.3, 0.4) is 0 Å². The third-order valence-electron chi connectivity index (χ3n) is 4.21. The molecule has 0 saturated heterocycles. The molecule has 7 heteroatoms. The van der Waals surface area contributed by atoms with Crippen molar-refractivity contribution >= 4 is 34.9 Å². The number of carboxylic acids is 1. The minimum atomic E-state index is -1.08. The fourth-order valence-electron chi connectivity index (χ4n) is 2.75. The molecule has 0 heterocycles. The van der Waals surface area contributed by atoms with Crippen LogP contribution in [0.2, 0.25) is 10.0 Å². The smallest absolute Gasteiger partial charge is 0.337 e. The van der Waals surface area contributed by atoms with Crippen LogP contribution < -0.4 is 14.8 Å². The highest BCUT2D eigenvalue weighted by Gasteiger charge is 2.13. The first kappa shape index (κ1) is 20.8. The van der Waals surface area contributed by atoms with E-state index in [4.69, 9.17) is 32.7 Å². The number of rotatable bonds is 8. The lowest BCUT2D eigenvalue weighted by Crippen LogP contribution is -2.04. The number of halogens is 2. The highest BCUT2D eigenvalue weighted by molar-refractivity contribution is 6.33. The van der Waals surface area contributed by atoms with Gasteiger partial charge in [-0.1, -0.05) is 53.5 Å². The highest BCUT2D eigenvalue weighted by Crippen LogP contribution is 2.37. The van der Waals surface area contributed by atoms with Crippen molar-refractivity contribution in [3.05, 3.63) is 87.4 Å². The van der Waals surface area contributed by atoms with Crippen molar-refractivity contribution < 1.29 is 19.4 Å². The molecule has 0 saturated carbocycles. The van der Waals surface area contributed by atoms with Gasteiger partial charge in [-0.2, -0.15) is 0 Å². The Bertz CT molecular complexity index is 1010. The second-order valence-corrected chi connectivity index (χ2v) is 7.05. The quantitative estimate of drug-likeness (QED) is 0.465. The Hall–Kier alpha value is -2.89. The average Bonchev–Trinajstić information content (AvgIpc) is 2.72. The van der Waals surface area contributed by atoms with E-state index in [2.05, 4.69) is 5.32 Å². The van der Waals surface area contributed by atoms with Crippen LogP contribution in [0.4, 0.5) is 5.69 Å². The van der Waals surface area contributed by atoms with Gasteiger partial charge < -0.3 is 19.9 Å². The Labute approximate surface area is 178 Å². The molecule has 0 amide bonds. The number of aromatic carboxylic acids is 1. The number of carboxylic acid groups (broad SMARTS) is 1. The van der Waals surface area contributed by atoms with Gasteiger partial charge in [-0.25, -0.2) is 4.79 Å². The van der Waals surface area contributed by atoms with Crippen LogP contribution in [-0.2, 0) is 13.2 Å². The first-order chi connectivity index (χ1) is 14.0. The van der Waals surface area contributed by atoms with Crippen molar-refractivity contribution in [1.82, 2.24) is 0 Å². The number of hydrogen-bond donors (Lipinski definition) is 2. The number of methoxy groups -OCH3 is 1. The topological polar surface area (TPSA) is 67.8 Å². The molecular weight excluding hydrogens is 413 g/mol. The van der Waals surface area contributed by atoms with Crippen LogP contribution >= 0.6 is 23.2 Å². The lowest BCUT2D eigenvalue weighted by Gasteiger charge is -2.15. The molecule has 3 aromatic carbocycles. The molecule has 0 aliphatic heterocycles. The molecule has 0 spiro atoms. The van der Waals surface area contributed by atoms with E-state index >= 15 is 0 Å². The number of hydrogen-bond acceptors (Lipinski definition) is 4. The van der Waals surface area contributed by atoms with Gasteiger partial charge in [0.15, 0.2) is 11.5 Å². The van der Waals surface area contributed by atoms with Gasteiger partial charge in [-0.05, 0) is 41.5 Å². The van der Waals surface area contributed by atoms with Gasteiger partial charge in [0.2, 0.25) is 0 Å². The molecule has 0 aliphatic rings. The number of carbonyl (C=O) groups is 1. The van der Waals surface area contributed by atoms with Gasteiger partial charge in [-0.3, -0.25) is 0 Å². The maximum atomic E-state index is 11.2. The van der Waals surface area contributed by atoms with Gasteiger partial charge in [0.05, 0.1) is 22.7 Å². The molecule has 0 unspecified atom stereocenters. The van der Waals surface area contributed by atoms with Crippen molar-refractivity contribution in [3.63, 3.8) is 0 Å². The molecule has 0 aliphatic carbocycles. The van der Waals surface area contributed by atoms with Crippen molar-refractivity contribution in [2.75, 3.05) is 12.4 Å². The molecule has 0 aromatic heterocycles. The molecule has 150 valence electrons. The summed E-state index contributed by atoms with van der Waals surface area (Å²) >= 11 is 12.3. The summed E-state index contributed by atoms with van der Waals surface area (Å²) in [6, 6.07) is 18.1. The molecule has 0 fully saturated rings. The molecule has 0 bridgehead atoms. The summed E-state index contributed by atoms with van der Waals surface area (Å²) in [5, 5.41) is 13.0.